The van der Waals surface area contributed by atoms with E-state index in [0.29, 0.717) is 17.9 Å². The van der Waals surface area contributed by atoms with Gasteiger partial charge in [0.05, 0.1) is 0 Å². The highest BCUT2D eigenvalue weighted by Gasteiger charge is 2.33. The van der Waals surface area contributed by atoms with Crippen LogP contribution in [0.5, 0.6) is 0 Å². The zero-order chi connectivity index (χ0) is 10.7. The molecule has 0 aromatic carbocycles. The van der Waals surface area contributed by atoms with Crippen molar-refractivity contribution in [2.24, 2.45) is 11.7 Å². The third-order valence-electron chi connectivity index (χ3n) is 3.93. The summed E-state index contributed by atoms with van der Waals surface area (Å²) in [5.41, 5.74) is 5.84. The van der Waals surface area contributed by atoms with Crippen molar-refractivity contribution in [2.45, 2.75) is 51.0 Å². The molecule has 1 saturated heterocycles. The van der Waals surface area contributed by atoms with Gasteiger partial charge in [-0.25, -0.2) is 0 Å². The van der Waals surface area contributed by atoms with Gasteiger partial charge in [0.25, 0.3) is 0 Å². The molecule has 0 radical (unpaired) electrons. The van der Waals surface area contributed by atoms with Crippen molar-refractivity contribution >= 4 is 5.91 Å². The Kier molecular flexibility index (Phi) is 3.62. The molecule has 3 heteroatoms. The first-order chi connectivity index (χ1) is 7.33. The predicted molar refractivity (Wildman–Crippen MR) is 60.4 cm³/mol. The van der Waals surface area contributed by atoms with E-state index in [1.165, 1.54) is 32.1 Å². The highest BCUT2D eigenvalue weighted by atomic mass is 16.2. The highest BCUT2D eigenvalue weighted by molar-refractivity contribution is 5.78. The molecule has 2 unspecified atom stereocenters. The maximum absolute atomic E-state index is 11.7. The van der Waals surface area contributed by atoms with Gasteiger partial charge in [-0.15, -0.1) is 0 Å². The monoisotopic (exact) mass is 210 g/mol. The second-order valence-corrected chi connectivity index (χ2v) is 4.89. The van der Waals surface area contributed by atoms with Gasteiger partial charge in [-0.3, -0.25) is 4.79 Å². The average Bonchev–Trinajstić information content (AvgIpc) is 2.54. The van der Waals surface area contributed by atoms with E-state index in [-0.39, 0.29) is 0 Å². The third-order valence-corrected chi connectivity index (χ3v) is 3.93. The Bertz CT molecular complexity index is 230. The van der Waals surface area contributed by atoms with Gasteiger partial charge < -0.3 is 10.6 Å². The van der Waals surface area contributed by atoms with Crippen molar-refractivity contribution in [2.75, 3.05) is 13.1 Å². The summed E-state index contributed by atoms with van der Waals surface area (Å²) in [4.78, 5) is 13.8. The van der Waals surface area contributed by atoms with Gasteiger partial charge in [0.15, 0.2) is 0 Å². The van der Waals surface area contributed by atoms with Crippen LogP contribution >= 0.6 is 0 Å². The third kappa shape index (κ3) is 2.33. The number of nitrogens with zero attached hydrogens (tertiary/aromatic N) is 1. The number of carbonyl (C=O) groups is 1. The quantitative estimate of drug-likeness (QED) is 0.702. The maximum Gasteiger partial charge on any atom is 0.222 e. The summed E-state index contributed by atoms with van der Waals surface area (Å²) in [7, 11) is 0. The molecule has 1 amide bonds. The van der Waals surface area contributed by atoms with Crippen molar-refractivity contribution in [1.82, 2.24) is 4.90 Å². The van der Waals surface area contributed by atoms with E-state index in [1.54, 1.807) is 0 Å². The molecule has 1 heterocycles. The molecule has 1 aliphatic carbocycles. The summed E-state index contributed by atoms with van der Waals surface area (Å²) in [6, 6.07) is 0.451. The Labute approximate surface area is 92.0 Å². The Morgan fingerprint density at radius 3 is 2.67 bits per heavy atom. The number of nitrogens with two attached hydrogens (primary N) is 1. The van der Waals surface area contributed by atoms with Gasteiger partial charge in [-0.1, -0.05) is 19.3 Å². The number of hydrogen-bond donors (Lipinski definition) is 1. The molecule has 2 fully saturated rings. The molecular formula is C12H22N2O. The van der Waals surface area contributed by atoms with Gasteiger partial charge in [0.2, 0.25) is 5.91 Å². The molecule has 1 saturated carbocycles. The normalized spacial score (nSPS) is 33.1. The van der Waals surface area contributed by atoms with E-state index >= 15 is 0 Å². The van der Waals surface area contributed by atoms with E-state index in [9.17, 15) is 4.79 Å². The lowest BCUT2D eigenvalue weighted by Crippen LogP contribution is -2.43. The van der Waals surface area contributed by atoms with Crippen molar-refractivity contribution in [3.63, 3.8) is 0 Å². The topological polar surface area (TPSA) is 46.3 Å². The number of rotatable bonds is 2. The van der Waals surface area contributed by atoms with Crippen LogP contribution in [-0.2, 0) is 4.79 Å². The van der Waals surface area contributed by atoms with Gasteiger partial charge >= 0.3 is 0 Å². The first-order valence-electron chi connectivity index (χ1n) is 6.32. The summed E-state index contributed by atoms with van der Waals surface area (Å²) in [5.74, 6) is 0.912. The van der Waals surface area contributed by atoms with Crippen LogP contribution in [-0.4, -0.2) is 29.9 Å². The minimum absolute atomic E-state index is 0.361. The van der Waals surface area contributed by atoms with Crippen molar-refractivity contribution in [1.29, 1.82) is 0 Å². The average molecular weight is 210 g/mol. The summed E-state index contributed by atoms with van der Waals surface area (Å²) >= 11 is 0. The number of carbonyl (C=O) groups excluding carboxylic acids is 1. The lowest BCUT2D eigenvalue weighted by molar-refractivity contribution is -0.130. The second kappa shape index (κ2) is 4.97. The largest absolute Gasteiger partial charge is 0.339 e. The van der Waals surface area contributed by atoms with Gasteiger partial charge in [-0.05, 0) is 31.7 Å². The van der Waals surface area contributed by atoms with Crippen LogP contribution in [0.4, 0.5) is 0 Å². The van der Waals surface area contributed by atoms with E-state index in [1.807, 2.05) is 0 Å². The molecule has 0 aromatic heterocycles. The predicted octanol–water partition coefficient (Wildman–Crippen LogP) is 1.52. The molecule has 2 rings (SSSR count). The molecule has 1 aliphatic heterocycles. The molecule has 2 atom stereocenters. The molecule has 3 nitrogen and oxygen atoms in total. The minimum atomic E-state index is 0.361. The van der Waals surface area contributed by atoms with Gasteiger partial charge in [0, 0.05) is 19.0 Å². The minimum Gasteiger partial charge on any atom is -0.339 e. The van der Waals surface area contributed by atoms with Crippen molar-refractivity contribution in [3.8, 4) is 0 Å². The Morgan fingerprint density at radius 1 is 1.20 bits per heavy atom. The van der Waals surface area contributed by atoms with E-state index < -0.39 is 0 Å². The smallest absolute Gasteiger partial charge is 0.222 e. The lowest BCUT2D eigenvalue weighted by Gasteiger charge is -2.32. The van der Waals surface area contributed by atoms with Crippen LogP contribution in [0.25, 0.3) is 0 Å². The second-order valence-electron chi connectivity index (χ2n) is 4.89. The number of amides is 1. The van der Waals surface area contributed by atoms with Gasteiger partial charge in [-0.2, -0.15) is 0 Å². The lowest BCUT2D eigenvalue weighted by atomic mass is 9.93. The maximum atomic E-state index is 11.7. The van der Waals surface area contributed by atoms with Crippen molar-refractivity contribution < 1.29 is 4.79 Å². The van der Waals surface area contributed by atoms with E-state index in [0.717, 1.165) is 25.9 Å². The summed E-state index contributed by atoms with van der Waals surface area (Å²) in [6.45, 7) is 1.72. The zero-order valence-electron chi connectivity index (χ0n) is 9.45. The SMILES string of the molecule is NCC1CCCCCC1N1CCCC1=O. The van der Waals surface area contributed by atoms with Gasteiger partial charge in [0.1, 0.15) is 0 Å². The first-order valence-corrected chi connectivity index (χ1v) is 6.32. The first kappa shape index (κ1) is 10.9. The van der Waals surface area contributed by atoms with Crippen LogP contribution in [0.1, 0.15) is 44.9 Å². The standard InChI is InChI=1S/C12H22N2O/c13-9-10-5-2-1-3-6-11(10)14-8-4-7-12(14)15/h10-11H,1-9,13H2. The van der Waals surface area contributed by atoms with Crippen LogP contribution < -0.4 is 5.73 Å². The van der Waals surface area contributed by atoms with E-state index in [2.05, 4.69) is 4.90 Å². The molecule has 2 N–H and O–H groups in total. The molecule has 86 valence electrons. The molecule has 0 aromatic rings. The Balaban J connectivity index is 2.05. The molecule has 2 aliphatic rings. The molecule has 15 heavy (non-hydrogen) atoms. The molecular weight excluding hydrogens is 188 g/mol. The fraction of sp³-hybridized carbons (Fsp3) is 0.917. The Hall–Kier alpha value is -0.570. The number of hydrogen-bond acceptors (Lipinski definition) is 2. The zero-order valence-corrected chi connectivity index (χ0v) is 9.45. The number of likely N-dealkylation sites (tertiary alicyclic amines) is 1. The molecule has 0 bridgehead atoms. The van der Waals surface area contributed by atoms with Crippen LogP contribution in [0.15, 0.2) is 0 Å². The Morgan fingerprint density at radius 2 is 2.00 bits per heavy atom. The molecule has 0 spiro atoms. The fourth-order valence-electron chi connectivity index (χ4n) is 3.07. The van der Waals surface area contributed by atoms with Crippen LogP contribution in [0, 0.1) is 5.92 Å². The van der Waals surface area contributed by atoms with Crippen LogP contribution in [0.3, 0.4) is 0 Å². The van der Waals surface area contributed by atoms with Crippen LogP contribution in [0.2, 0.25) is 0 Å². The van der Waals surface area contributed by atoms with Crippen molar-refractivity contribution in [3.05, 3.63) is 0 Å². The van der Waals surface area contributed by atoms with E-state index in [4.69, 9.17) is 5.73 Å². The summed E-state index contributed by atoms with van der Waals surface area (Å²) in [5, 5.41) is 0. The summed E-state index contributed by atoms with van der Waals surface area (Å²) < 4.78 is 0. The fourth-order valence-corrected chi connectivity index (χ4v) is 3.07. The summed E-state index contributed by atoms with van der Waals surface area (Å²) in [6.07, 6.45) is 8.07. The highest BCUT2D eigenvalue weighted by Crippen LogP contribution is 2.29.